The van der Waals surface area contributed by atoms with Crippen LogP contribution in [0.25, 0.3) is 0 Å². The zero-order chi connectivity index (χ0) is 13.4. The second-order valence-electron chi connectivity index (χ2n) is 1.88. The molecule has 13 heavy (non-hydrogen) atoms. The van der Waals surface area contributed by atoms with Crippen LogP contribution in [0.15, 0.2) is 12.2 Å². The van der Waals surface area contributed by atoms with Crippen LogP contribution in [0.2, 0.25) is 0 Å². The number of rotatable bonds is 2. The Morgan fingerprint density at radius 1 is 1.38 bits per heavy atom. The summed E-state index contributed by atoms with van der Waals surface area (Å²) in [5.41, 5.74) is -1.46. The number of alkyl halides is 5. The first-order valence-electron chi connectivity index (χ1n) is 4.16. The lowest BCUT2D eigenvalue weighted by atomic mass is 10.4. The van der Waals surface area contributed by atoms with Crippen molar-refractivity contribution in [3.05, 3.63) is 12.2 Å². The van der Waals surface area contributed by atoms with Crippen LogP contribution in [0.3, 0.4) is 0 Å². The van der Waals surface area contributed by atoms with Crippen LogP contribution in [0, 0.1) is 0 Å². The van der Waals surface area contributed by atoms with E-state index in [0.717, 1.165) is 0 Å². The van der Waals surface area contributed by atoms with E-state index in [-0.39, 0.29) is 0 Å². The highest BCUT2D eigenvalue weighted by Crippen LogP contribution is 2.36. The van der Waals surface area contributed by atoms with Crippen molar-refractivity contribution in [1.29, 1.82) is 0 Å². The molecule has 7 heteroatoms. The number of hydrogen-bond acceptors (Lipinski definition) is 2. The van der Waals surface area contributed by atoms with Crippen LogP contribution in [0.5, 0.6) is 0 Å². The Morgan fingerprint density at radius 2 is 1.85 bits per heavy atom. The predicted octanol–water partition coefficient (Wildman–Crippen LogP) is 2.26. The Morgan fingerprint density at radius 3 is 2.15 bits per heavy atom. The summed E-state index contributed by atoms with van der Waals surface area (Å²) in [5, 5.41) is 0. The summed E-state index contributed by atoms with van der Waals surface area (Å²) in [6.07, 6.45) is -11.9. The van der Waals surface area contributed by atoms with E-state index in [0.29, 0.717) is 0 Å². The fourth-order valence-corrected chi connectivity index (χ4v) is 0.236. The molecule has 0 unspecified atom stereocenters. The zero-order valence-electron chi connectivity index (χ0n) is 8.91. The first-order chi connectivity index (χ1) is 6.79. The SMILES string of the molecule is [2H]C([2H])([2H])C(=C)C(=O)OC(F)(F)C(F)(F)F. The summed E-state index contributed by atoms with van der Waals surface area (Å²) in [6, 6.07) is 0. The van der Waals surface area contributed by atoms with Crippen LogP contribution in [-0.4, -0.2) is 18.3 Å². The molecule has 0 fully saturated rings. The maximum absolute atomic E-state index is 12.1. The average molecular weight is 207 g/mol. The monoisotopic (exact) mass is 207 g/mol. The Labute approximate surface area is 74.2 Å². The number of esters is 1. The fourth-order valence-electron chi connectivity index (χ4n) is 0.236. The van der Waals surface area contributed by atoms with E-state index in [1.54, 1.807) is 0 Å². The minimum atomic E-state index is -6.11. The topological polar surface area (TPSA) is 26.3 Å². The summed E-state index contributed by atoms with van der Waals surface area (Å²) >= 11 is 0. The Hall–Kier alpha value is -1.14. The highest BCUT2D eigenvalue weighted by atomic mass is 19.4. The van der Waals surface area contributed by atoms with Gasteiger partial charge in [0, 0.05) is 9.69 Å². The Balaban J connectivity index is 4.78. The number of halogens is 5. The quantitative estimate of drug-likeness (QED) is 0.394. The maximum atomic E-state index is 12.1. The largest absolute Gasteiger partial charge is 0.501 e. The van der Waals surface area contributed by atoms with Crippen LogP contribution in [0.4, 0.5) is 22.0 Å². The van der Waals surface area contributed by atoms with Gasteiger partial charge in [0.1, 0.15) is 0 Å². The molecule has 0 aliphatic rings. The summed E-state index contributed by atoms with van der Waals surface area (Å²) in [5.74, 6) is -2.33. The lowest BCUT2D eigenvalue weighted by Crippen LogP contribution is -2.40. The van der Waals surface area contributed by atoms with E-state index in [1.807, 2.05) is 0 Å². The molecule has 0 atom stereocenters. The molecule has 0 aromatic carbocycles. The molecule has 0 saturated carbocycles. The van der Waals surface area contributed by atoms with E-state index >= 15 is 0 Å². The molecule has 2 nitrogen and oxygen atoms in total. The minimum absolute atomic E-state index is 1.46. The summed E-state index contributed by atoms with van der Waals surface area (Å²) in [7, 11) is 0. The molecule has 0 aliphatic heterocycles. The van der Waals surface area contributed by atoms with Crippen molar-refractivity contribution >= 4 is 5.97 Å². The van der Waals surface area contributed by atoms with Crippen molar-refractivity contribution in [2.24, 2.45) is 0 Å². The van der Waals surface area contributed by atoms with Gasteiger partial charge in [-0.1, -0.05) is 6.58 Å². The minimum Gasteiger partial charge on any atom is -0.390 e. The predicted molar refractivity (Wildman–Crippen MR) is 31.9 cm³/mol. The van der Waals surface area contributed by atoms with Crippen LogP contribution in [-0.2, 0) is 9.53 Å². The molecular formula is C6H5F5O2. The molecule has 76 valence electrons. The number of ether oxygens (including phenoxy) is 1. The van der Waals surface area contributed by atoms with Gasteiger partial charge in [0.25, 0.3) is 0 Å². The van der Waals surface area contributed by atoms with Crippen molar-refractivity contribution in [3.8, 4) is 0 Å². The molecule has 0 heterocycles. The molecule has 0 bridgehead atoms. The van der Waals surface area contributed by atoms with Gasteiger partial charge in [-0.3, -0.25) is 0 Å². The lowest BCUT2D eigenvalue weighted by molar-refractivity contribution is -0.375. The summed E-state index contributed by atoms with van der Waals surface area (Å²) < 4.78 is 81.3. The van der Waals surface area contributed by atoms with E-state index in [9.17, 15) is 26.7 Å². The molecule has 0 aromatic heterocycles. The van der Waals surface area contributed by atoms with E-state index in [2.05, 4.69) is 11.3 Å². The Bertz CT molecular complexity index is 306. The number of carbonyl (C=O) groups excluding carboxylic acids is 1. The molecule has 0 amide bonds. The highest BCUT2D eigenvalue weighted by molar-refractivity contribution is 5.87. The van der Waals surface area contributed by atoms with Gasteiger partial charge in [0.05, 0.1) is 0 Å². The van der Waals surface area contributed by atoms with Gasteiger partial charge in [-0.2, -0.15) is 22.0 Å². The molecular weight excluding hydrogens is 199 g/mol. The standard InChI is InChI=1S/C6H5F5O2/c1-3(2)4(12)13-6(10,11)5(7,8)9/h1H2,2H3/i2D3. The first kappa shape index (κ1) is 7.28. The third-order valence-corrected chi connectivity index (χ3v) is 0.797. The second kappa shape index (κ2) is 3.31. The Kier molecular flexibility index (Phi) is 1.85. The maximum Gasteiger partial charge on any atom is 0.501 e. The smallest absolute Gasteiger partial charge is 0.390 e. The molecule has 0 radical (unpaired) electrons. The van der Waals surface area contributed by atoms with Gasteiger partial charge in [-0.25, -0.2) is 4.79 Å². The van der Waals surface area contributed by atoms with Crippen LogP contribution < -0.4 is 0 Å². The van der Waals surface area contributed by atoms with Gasteiger partial charge in [-0.05, 0) is 6.85 Å². The van der Waals surface area contributed by atoms with E-state index < -0.39 is 30.7 Å². The number of hydrogen-bond donors (Lipinski definition) is 0. The molecule has 0 aromatic rings. The van der Waals surface area contributed by atoms with Crippen molar-refractivity contribution in [1.82, 2.24) is 0 Å². The third kappa shape index (κ3) is 3.00. The van der Waals surface area contributed by atoms with Gasteiger partial charge in [-0.15, -0.1) is 0 Å². The van der Waals surface area contributed by atoms with Crippen molar-refractivity contribution < 1.29 is 35.6 Å². The molecule has 0 rings (SSSR count). The van der Waals surface area contributed by atoms with Crippen molar-refractivity contribution in [2.75, 3.05) is 0 Å². The zero-order valence-corrected chi connectivity index (χ0v) is 5.91. The molecule has 0 N–H and O–H groups in total. The van der Waals surface area contributed by atoms with Gasteiger partial charge < -0.3 is 4.74 Å². The summed E-state index contributed by atoms with van der Waals surface area (Å²) in [4.78, 5) is 10.6. The summed E-state index contributed by atoms with van der Waals surface area (Å²) in [6.45, 7) is -0.641. The third-order valence-electron chi connectivity index (χ3n) is 0.797. The second-order valence-corrected chi connectivity index (χ2v) is 1.88. The van der Waals surface area contributed by atoms with Gasteiger partial charge in [0.2, 0.25) is 0 Å². The normalized spacial score (nSPS) is 16.8. The average Bonchev–Trinajstić information content (AvgIpc) is 1.97. The number of carbonyl (C=O) groups is 1. The molecule has 0 saturated heterocycles. The molecule has 0 aliphatic carbocycles. The lowest BCUT2D eigenvalue weighted by Gasteiger charge is -2.18. The van der Waals surface area contributed by atoms with Crippen LogP contribution >= 0.6 is 0 Å². The van der Waals surface area contributed by atoms with Crippen molar-refractivity contribution in [2.45, 2.75) is 19.1 Å². The fraction of sp³-hybridized carbons (Fsp3) is 0.500. The van der Waals surface area contributed by atoms with E-state index in [1.165, 1.54) is 0 Å². The van der Waals surface area contributed by atoms with E-state index in [4.69, 9.17) is 4.11 Å². The first-order valence-corrected chi connectivity index (χ1v) is 2.66. The molecule has 0 spiro atoms. The van der Waals surface area contributed by atoms with Crippen molar-refractivity contribution in [3.63, 3.8) is 0 Å². The van der Waals surface area contributed by atoms with Crippen LogP contribution in [0.1, 0.15) is 11.0 Å². The van der Waals surface area contributed by atoms with Gasteiger partial charge >= 0.3 is 18.3 Å². The highest BCUT2D eigenvalue weighted by Gasteiger charge is 2.62. The van der Waals surface area contributed by atoms with Gasteiger partial charge in [0.15, 0.2) is 0 Å².